The van der Waals surface area contributed by atoms with E-state index in [1.165, 1.54) is 6.20 Å². The van der Waals surface area contributed by atoms with Gasteiger partial charge in [0.1, 0.15) is 17.9 Å². The SMILES string of the molecule is O=C(C1CCCN1c1ccncc1[N+](=O)[O-])N1CCSCC1. The van der Waals surface area contributed by atoms with Gasteiger partial charge in [-0.3, -0.25) is 19.9 Å². The maximum absolute atomic E-state index is 12.8. The van der Waals surface area contributed by atoms with Crippen LogP contribution in [0.25, 0.3) is 0 Å². The van der Waals surface area contributed by atoms with E-state index in [1.807, 2.05) is 21.6 Å². The molecule has 3 rings (SSSR count). The number of thioether (sulfide) groups is 1. The van der Waals surface area contributed by atoms with Crippen molar-refractivity contribution in [1.29, 1.82) is 0 Å². The highest BCUT2D eigenvalue weighted by molar-refractivity contribution is 7.99. The molecule has 1 unspecified atom stereocenters. The van der Waals surface area contributed by atoms with Gasteiger partial charge in [-0.1, -0.05) is 0 Å². The molecule has 2 aliphatic rings. The highest BCUT2D eigenvalue weighted by Gasteiger charge is 2.36. The Morgan fingerprint density at radius 1 is 1.36 bits per heavy atom. The van der Waals surface area contributed by atoms with Crippen molar-refractivity contribution in [3.05, 3.63) is 28.6 Å². The zero-order valence-electron chi connectivity index (χ0n) is 12.2. The second kappa shape index (κ2) is 6.51. The summed E-state index contributed by atoms with van der Waals surface area (Å²) < 4.78 is 0. The first-order valence-corrected chi connectivity index (χ1v) is 8.55. The van der Waals surface area contributed by atoms with Crippen molar-refractivity contribution in [2.24, 2.45) is 0 Å². The Bertz CT molecular complexity index is 577. The zero-order chi connectivity index (χ0) is 15.5. The summed E-state index contributed by atoms with van der Waals surface area (Å²) in [4.78, 5) is 31.1. The molecule has 0 saturated carbocycles. The number of hydrogen-bond acceptors (Lipinski definition) is 6. The largest absolute Gasteiger partial charge is 0.354 e. The van der Waals surface area contributed by atoms with E-state index in [2.05, 4.69) is 4.98 Å². The molecule has 22 heavy (non-hydrogen) atoms. The maximum Gasteiger partial charge on any atom is 0.310 e. The van der Waals surface area contributed by atoms with Crippen molar-refractivity contribution >= 4 is 29.0 Å². The lowest BCUT2D eigenvalue weighted by atomic mass is 10.1. The van der Waals surface area contributed by atoms with E-state index in [0.717, 1.165) is 37.4 Å². The van der Waals surface area contributed by atoms with Crippen LogP contribution in [-0.2, 0) is 4.79 Å². The summed E-state index contributed by atoms with van der Waals surface area (Å²) >= 11 is 1.86. The third-order valence-corrected chi connectivity index (χ3v) is 5.09. The van der Waals surface area contributed by atoms with Gasteiger partial charge in [-0.25, -0.2) is 0 Å². The lowest BCUT2D eigenvalue weighted by Crippen LogP contribution is -2.48. The van der Waals surface area contributed by atoms with Gasteiger partial charge in [0.2, 0.25) is 5.91 Å². The second-order valence-electron chi connectivity index (χ2n) is 5.41. The first-order chi connectivity index (χ1) is 10.7. The van der Waals surface area contributed by atoms with Gasteiger partial charge in [-0.15, -0.1) is 0 Å². The Morgan fingerprint density at radius 3 is 2.86 bits per heavy atom. The van der Waals surface area contributed by atoms with Gasteiger partial charge in [0, 0.05) is 37.3 Å². The van der Waals surface area contributed by atoms with Crippen LogP contribution in [0.1, 0.15) is 12.8 Å². The molecule has 118 valence electrons. The number of nitrogens with zero attached hydrogens (tertiary/aromatic N) is 4. The first kappa shape index (κ1) is 15.1. The highest BCUT2D eigenvalue weighted by atomic mass is 32.2. The average Bonchev–Trinajstić information content (AvgIpc) is 3.04. The Labute approximate surface area is 132 Å². The normalized spacial score (nSPS) is 21.9. The second-order valence-corrected chi connectivity index (χ2v) is 6.64. The highest BCUT2D eigenvalue weighted by Crippen LogP contribution is 2.33. The molecule has 2 fully saturated rings. The summed E-state index contributed by atoms with van der Waals surface area (Å²) in [5, 5.41) is 11.2. The number of pyridine rings is 1. The number of hydrogen-bond donors (Lipinski definition) is 0. The van der Waals surface area contributed by atoms with Crippen molar-refractivity contribution < 1.29 is 9.72 Å². The van der Waals surface area contributed by atoms with Gasteiger partial charge < -0.3 is 9.80 Å². The van der Waals surface area contributed by atoms with Crippen molar-refractivity contribution in [1.82, 2.24) is 9.88 Å². The summed E-state index contributed by atoms with van der Waals surface area (Å²) in [7, 11) is 0. The molecule has 0 radical (unpaired) electrons. The van der Waals surface area contributed by atoms with Crippen LogP contribution in [0.4, 0.5) is 11.4 Å². The van der Waals surface area contributed by atoms with Crippen molar-refractivity contribution in [2.75, 3.05) is 36.0 Å². The molecule has 2 aliphatic heterocycles. The van der Waals surface area contributed by atoms with E-state index < -0.39 is 4.92 Å². The Morgan fingerprint density at radius 2 is 2.14 bits per heavy atom. The predicted molar refractivity (Wildman–Crippen MR) is 85.2 cm³/mol. The van der Waals surface area contributed by atoms with Gasteiger partial charge >= 0.3 is 5.69 Å². The molecule has 0 aromatic carbocycles. The minimum Gasteiger partial charge on any atom is -0.354 e. The monoisotopic (exact) mass is 322 g/mol. The number of carbonyl (C=O) groups is 1. The molecule has 0 spiro atoms. The number of amides is 1. The number of nitro groups is 1. The summed E-state index contributed by atoms with van der Waals surface area (Å²) in [6.07, 6.45) is 4.42. The zero-order valence-corrected chi connectivity index (χ0v) is 13.0. The van der Waals surface area contributed by atoms with E-state index in [1.54, 1.807) is 12.3 Å². The molecule has 1 aromatic rings. The predicted octanol–water partition coefficient (Wildman–Crippen LogP) is 1.53. The van der Waals surface area contributed by atoms with Crippen LogP contribution in [0.3, 0.4) is 0 Å². The number of rotatable bonds is 3. The fraction of sp³-hybridized carbons (Fsp3) is 0.571. The van der Waals surface area contributed by atoms with Crippen LogP contribution in [0.2, 0.25) is 0 Å². The fourth-order valence-electron chi connectivity index (χ4n) is 3.07. The molecule has 8 heteroatoms. The summed E-state index contributed by atoms with van der Waals surface area (Å²) in [6.45, 7) is 2.21. The van der Waals surface area contributed by atoms with Crippen LogP contribution in [0, 0.1) is 10.1 Å². The molecule has 0 N–H and O–H groups in total. The van der Waals surface area contributed by atoms with Crippen LogP contribution in [-0.4, -0.2) is 57.9 Å². The topological polar surface area (TPSA) is 79.6 Å². The van der Waals surface area contributed by atoms with E-state index in [4.69, 9.17) is 0 Å². The fourth-order valence-corrected chi connectivity index (χ4v) is 3.97. The molecule has 7 nitrogen and oxygen atoms in total. The van der Waals surface area contributed by atoms with Crippen LogP contribution >= 0.6 is 11.8 Å². The molecule has 0 aliphatic carbocycles. The van der Waals surface area contributed by atoms with Gasteiger partial charge in [0.15, 0.2) is 0 Å². The summed E-state index contributed by atoms with van der Waals surface area (Å²) in [5.74, 6) is 2.03. The van der Waals surface area contributed by atoms with E-state index in [0.29, 0.717) is 12.2 Å². The molecular formula is C14H18N4O3S. The molecule has 3 heterocycles. The Kier molecular flexibility index (Phi) is 4.47. The minimum atomic E-state index is -0.431. The molecule has 1 amide bonds. The Hall–Kier alpha value is -1.83. The van der Waals surface area contributed by atoms with E-state index >= 15 is 0 Å². The van der Waals surface area contributed by atoms with Gasteiger partial charge in [0.05, 0.1) is 4.92 Å². The van der Waals surface area contributed by atoms with Crippen LogP contribution < -0.4 is 4.90 Å². The lowest BCUT2D eigenvalue weighted by Gasteiger charge is -2.33. The van der Waals surface area contributed by atoms with Crippen LogP contribution in [0.15, 0.2) is 18.5 Å². The average molecular weight is 322 g/mol. The van der Waals surface area contributed by atoms with Gasteiger partial charge in [-0.2, -0.15) is 11.8 Å². The number of carbonyl (C=O) groups excluding carboxylic acids is 1. The molecular weight excluding hydrogens is 304 g/mol. The van der Waals surface area contributed by atoms with Gasteiger partial charge in [-0.05, 0) is 18.9 Å². The molecule has 0 bridgehead atoms. The number of anilines is 1. The van der Waals surface area contributed by atoms with Crippen molar-refractivity contribution in [3.63, 3.8) is 0 Å². The molecule has 1 atom stereocenters. The van der Waals surface area contributed by atoms with E-state index in [9.17, 15) is 14.9 Å². The maximum atomic E-state index is 12.8. The quantitative estimate of drug-likeness (QED) is 0.620. The van der Waals surface area contributed by atoms with Crippen molar-refractivity contribution in [2.45, 2.75) is 18.9 Å². The third-order valence-electron chi connectivity index (χ3n) is 4.14. The standard InChI is InChI=1S/C14H18N4O3S/c19-14(16-6-8-22-9-7-16)12-2-1-5-17(12)11-3-4-15-10-13(11)18(20)21/h3-4,10,12H,1-2,5-9H2. The molecule has 2 saturated heterocycles. The molecule has 1 aromatic heterocycles. The lowest BCUT2D eigenvalue weighted by molar-refractivity contribution is -0.384. The van der Waals surface area contributed by atoms with Gasteiger partial charge in [0.25, 0.3) is 0 Å². The first-order valence-electron chi connectivity index (χ1n) is 7.40. The summed E-state index contributed by atoms with van der Waals surface area (Å²) in [5.41, 5.74) is 0.471. The van der Waals surface area contributed by atoms with Crippen LogP contribution in [0.5, 0.6) is 0 Å². The third kappa shape index (κ3) is 2.87. The minimum absolute atomic E-state index is 0.0311. The smallest absolute Gasteiger partial charge is 0.310 e. The number of aromatic nitrogens is 1. The van der Waals surface area contributed by atoms with Crippen molar-refractivity contribution in [3.8, 4) is 0 Å². The summed E-state index contributed by atoms with van der Waals surface area (Å²) in [6, 6.07) is 1.35. The Balaban J connectivity index is 1.84. The van der Waals surface area contributed by atoms with E-state index in [-0.39, 0.29) is 17.6 Å².